The third kappa shape index (κ3) is 3.86. The van der Waals surface area contributed by atoms with Crippen molar-refractivity contribution in [1.82, 2.24) is 15.0 Å². The molecule has 0 aliphatic rings. The summed E-state index contributed by atoms with van der Waals surface area (Å²) < 4.78 is 31.9. The summed E-state index contributed by atoms with van der Waals surface area (Å²) >= 11 is 0. The van der Waals surface area contributed by atoms with Gasteiger partial charge in [-0.1, -0.05) is 0 Å². The van der Waals surface area contributed by atoms with E-state index >= 15 is 0 Å². The van der Waals surface area contributed by atoms with Gasteiger partial charge >= 0.3 is 0 Å². The number of carbonyl (C=O) groups is 1. The number of nitrogens with one attached hydrogen (secondary N) is 1. The summed E-state index contributed by atoms with van der Waals surface area (Å²) in [7, 11) is 0. The molecule has 24 heavy (non-hydrogen) atoms. The van der Waals surface area contributed by atoms with Crippen molar-refractivity contribution < 1.29 is 18.3 Å². The van der Waals surface area contributed by atoms with Crippen molar-refractivity contribution in [2.45, 2.75) is 0 Å². The van der Waals surface area contributed by atoms with Crippen LogP contribution < -0.4 is 10.1 Å². The molecule has 0 aliphatic heterocycles. The number of anilines is 1. The first-order valence-corrected chi connectivity index (χ1v) is 6.76. The Labute approximate surface area is 135 Å². The number of nitrogens with zero attached hydrogens (tertiary/aromatic N) is 3. The number of ether oxygens (including phenoxy) is 1. The van der Waals surface area contributed by atoms with Crippen LogP contribution in [0.15, 0.2) is 55.2 Å². The normalized spacial score (nSPS) is 10.2. The second kappa shape index (κ2) is 6.78. The van der Waals surface area contributed by atoms with E-state index in [1.807, 2.05) is 0 Å². The zero-order valence-electron chi connectivity index (χ0n) is 12.1. The molecule has 3 rings (SSSR count). The monoisotopic (exact) mass is 328 g/mol. The van der Waals surface area contributed by atoms with Gasteiger partial charge in [-0.05, 0) is 18.2 Å². The average molecular weight is 328 g/mol. The van der Waals surface area contributed by atoms with Crippen LogP contribution in [0, 0.1) is 11.6 Å². The molecule has 1 amide bonds. The first-order valence-electron chi connectivity index (χ1n) is 6.76. The Kier molecular flexibility index (Phi) is 4.37. The van der Waals surface area contributed by atoms with Gasteiger partial charge in [0.2, 0.25) is 0 Å². The van der Waals surface area contributed by atoms with Crippen LogP contribution >= 0.6 is 0 Å². The molecule has 3 aromatic rings. The maximum Gasteiger partial charge on any atom is 0.274 e. The van der Waals surface area contributed by atoms with E-state index in [4.69, 9.17) is 4.74 Å². The minimum Gasteiger partial charge on any atom is -0.454 e. The Morgan fingerprint density at radius 1 is 0.958 bits per heavy atom. The molecular formula is C16H10F2N4O2. The number of carbonyl (C=O) groups excluding carboxylic acids is 1. The summed E-state index contributed by atoms with van der Waals surface area (Å²) in [4.78, 5) is 23.3. The fourth-order valence-corrected chi connectivity index (χ4v) is 1.87. The van der Waals surface area contributed by atoms with Gasteiger partial charge in [-0.3, -0.25) is 4.79 Å². The first-order chi connectivity index (χ1) is 11.6. The minimum absolute atomic E-state index is 0.000381. The van der Waals surface area contributed by atoms with E-state index in [1.54, 1.807) is 0 Å². The number of halogens is 2. The summed E-state index contributed by atoms with van der Waals surface area (Å²) in [6.45, 7) is 0. The third-order valence-electron chi connectivity index (χ3n) is 2.86. The molecule has 0 aliphatic carbocycles. The van der Waals surface area contributed by atoms with Crippen LogP contribution in [0.2, 0.25) is 0 Å². The van der Waals surface area contributed by atoms with E-state index in [0.29, 0.717) is 5.75 Å². The Morgan fingerprint density at radius 3 is 2.46 bits per heavy atom. The largest absolute Gasteiger partial charge is 0.454 e. The number of hydrogen-bond acceptors (Lipinski definition) is 5. The summed E-state index contributed by atoms with van der Waals surface area (Å²) in [6.07, 6.45) is 5.08. The highest BCUT2D eigenvalue weighted by atomic mass is 19.1. The highest BCUT2D eigenvalue weighted by molar-refractivity contribution is 6.02. The highest BCUT2D eigenvalue weighted by Crippen LogP contribution is 2.25. The Balaban J connectivity index is 1.78. The van der Waals surface area contributed by atoms with Gasteiger partial charge in [-0.15, -0.1) is 0 Å². The molecule has 0 spiro atoms. The van der Waals surface area contributed by atoms with E-state index in [0.717, 1.165) is 24.4 Å². The second-order valence-electron chi connectivity index (χ2n) is 4.67. The zero-order valence-corrected chi connectivity index (χ0v) is 12.1. The molecule has 0 saturated carbocycles. The van der Waals surface area contributed by atoms with E-state index in [2.05, 4.69) is 20.3 Å². The molecule has 2 aromatic heterocycles. The Hall–Kier alpha value is -3.42. The zero-order chi connectivity index (χ0) is 16.9. The van der Waals surface area contributed by atoms with Gasteiger partial charge in [0, 0.05) is 17.8 Å². The van der Waals surface area contributed by atoms with Crippen LogP contribution in [0.4, 0.5) is 14.5 Å². The van der Waals surface area contributed by atoms with E-state index < -0.39 is 17.5 Å². The van der Waals surface area contributed by atoms with Gasteiger partial charge in [0.15, 0.2) is 5.75 Å². The van der Waals surface area contributed by atoms with Gasteiger partial charge in [-0.25, -0.2) is 23.7 Å². The lowest BCUT2D eigenvalue weighted by atomic mass is 10.2. The molecule has 0 radical (unpaired) electrons. The number of amides is 1. The topological polar surface area (TPSA) is 77.0 Å². The van der Waals surface area contributed by atoms with Gasteiger partial charge < -0.3 is 10.1 Å². The molecule has 2 heterocycles. The minimum atomic E-state index is -0.605. The summed E-state index contributed by atoms with van der Waals surface area (Å²) in [5.41, 5.74) is 0.164. The molecule has 0 bridgehead atoms. The molecule has 1 N–H and O–H groups in total. The molecule has 8 heteroatoms. The summed E-state index contributed by atoms with van der Waals surface area (Å²) in [5.74, 6) is -1.29. The lowest BCUT2D eigenvalue weighted by Gasteiger charge is -2.09. The van der Waals surface area contributed by atoms with E-state index in [-0.39, 0.29) is 17.1 Å². The molecule has 0 fully saturated rings. The average Bonchev–Trinajstić information content (AvgIpc) is 2.55. The summed E-state index contributed by atoms with van der Waals surface area (Å²) in [6, 6.07) is 6.03. The molecule has 0 unspecified atom stereocenters. The fraction of sp³-hybridized carbons (Fsp3) is 0. The van der Waals surface area contributed by atoms with Crippen LogP contribution in [0.5, 0.6) is 11.5 Å². The van der Waals surface area contributed by atoms with Crippen molar-refractivity contribution in [3.05, 3.63) is 72.6 Å². The second-order valence-corrected chi connectivity index (χ2v) is 4.67. The Morgan fingerprint density at radius 2 is 1.75 bits per heavy atom. The van der Waals surface area contributed by atoms with E-state index in [1.165, 1.54) is 30.9 Å². The van der Waals surface area contributed by atoms with Crippen molar-refractivity contribution in [1.29, 1.82) is 0 Å². The number of rotatable bonds is 4. The molecule has 1 aromatic carbocycles. The number of aromatic nitrogens is 3. The molecule has 0 atom stereocenters. The van der Waals surface area contributed by atoms with Crippen molar-refractivity contribution in [3.8, 4) is 11.5 Å². The number of benzene rings is 1. The molecule has 6 nitrogen and oxygen atoms in total. The van der Waals surface area contributed by atoms with E-state index in [9.17, 15) is 13.6 Å². The quantitative estimate of drug-likeness (QED) is 0.796. The van der Waals surface area contributed by atoms with Crippen molar-refractivity contribution >= 4 is 11.6 Å². The van der Waals surface area contributed by atoms with Crippen molar-refractivity contribution in [2.24, 2.45) is 0 Å². The number of pyridine rings is 1. The molecular weight excluding hydrogens is 318 g/mol. The standard InChI is InChI=1S/C16H10F2N4O2/c17-10-1-2-15(21-6-10)16(23)22-12-3-11(18)4-13(5-12)24-14-7-19-9-20-8-14/h1-9H,(H,22,23). The SMILES string of the molecule is O=C(Nc1cc(F)cc(Oc2cncnc2)c1)c1ccc(F)cn1. The molecule has 0 saturated heterocycles. The number of hydrogen-bond donors (Lipinski definition) is 1. The van der Waals surface area contributed by atoms with Gasteiger partial charge in [0.25, 0.3) is 5.91 Å². The smallest absolute Gasteiger partial charge is 0.274 e. The predicted octanol–water partition coefficient (Wildman–Crippen LogP) is 3.19. The highest BCUT2D eigenvalue weighted by Gasteiger charge is 2.10. The van der Waals surface area contributed by atoms with Crippen molar-refractivity contribution in [3.63, 3.8) is 0 Å². The van der Waals surface area contributed by atoms with Gasteiger partial charge in [-0.2, -0.15) is 0 Å². The Bertz CT molecular complexity index is 858. The van der Waals surface area contributed by atoms with Crippen molar-refractivity contribution in [2.75, 3.05) is 5.32 Å². The van der Waals surface area contributed by atoms with Crippen LogP contribution in [0.25, 0.3) is 0 Å². The fourth-order valence-electron chi connectivity index (χ4n) is 1.87. The van der Waals surface area contributed by atoms with Crippen LogP contribution in [-0.2, 0) is 0 Å². The van der Waals surface area contributed by atoms with Gasteiger partial charge in [0.1, 0.15) is 29.4 Å². The maximum atomic E-state index is 13.7. The third-order valence-corrected chi connectivity index (χ3v) is 2.86. The summed E-state index contributed by atoms with van der Waals surface area (Å²) in [5, 5.41) is 2.47. The molecule has 120 valence electrons. The predicted molar refractivity (Wildman–Crippen MR) is 80.7 cm³/mol. The van der Waals surface area contributed by atoms with Crippen LogP contribution in [0.3, 0.4) is 0 Å². The maximum absolute atomic E-state index is 13.7. The first kappa shape index (κ1) is 15.5. The lowest BCUT2D eigenvalue weighted by molar-refractivity contribution is 0.102. The van der Waals surface area contributed by atoms with Crippen LogP contribution in [-0.4, -0.2) is 20.9 Å². The van der Waals surface area contributed by atoms with Crippen LogP contribution in [0.1, 0.15) is 10.5 Å². The van der Waals surface area contributed by atoms with Gasteiger partial charge in [0.05, 0.1) is 18.6 Å². The lowest BCUT2D eigenvalue weighted by Crippen LogP contribution is -2.13.